The lowest BCUT2D eigenvalue weighted by atomic mass is 9.85. The number of non-ortho nitro benzene ring substituents is 1. The first-order valence-corrected chi connectivity index (χ1v) is 12.0. The Morgan fingerprint density at radius 1 is 0.971 bits per heavy atom. The Balaban J connectivity index is 1.47. The molecule has 1 N–H and O–H groups in total. The molecule has 0 spiro atoms. The van der Waals surface area contributed by atoms with Gasteiger partial charge < -0.3 is 14.8 Å². The molecule has 8 nitrogen and oxygen atoms in total. The van der Waals surface area contributed by atoms with Gasteiger partial charge in [-0.1, -0.05) is 37.5 Å². The smallest absolute Gasteiger partial charge is 0.269 e. The third kappa shape index (κ3) is 3.20. The highest BCUT2D eigenvalue weighted by atomic mass is 16.6. The van der Waals surface area contributed by atoms with Crippen LogP contribution in [0.25, 0.3) is 10.9 Å². The van der Waals surface area contributed by atoms with E-state index in [4.69, 9.17) is 0 Å². The van der Waals surface area contributed by atoms with Gasteiger partial charge in [-0.25, -0.2) is 0 Å². The number of benzene rings is 2. The summed E-state index contributed by atoms with van der Waals surface area (Å²) in [5.74, 6) is -0.0443. The molecule has 2 amide bonds. The Labute approximate surface area is 196 Å². The zero-order valence-electron chi connectivity index (χ0n) is 18.8. The largest absolute Gasteiger partial charge is 0.356 e. The summed E-state index contributed by atoms with van der Waals surface area (Å²) in [6.45, 7) is 0.0963. The van der Waals surface area contributed by atoms with Crippen molar-refractivity contribution in [3.63, 3.8) is 0 Å². The topological polar surface area (TPSA) is 99.5 Å². The van der Waals surface area contributed by atoms with Gasteiger partial charge in [0.25, 0.3) is 5.69 Å². The highest BCUT2D eigenvalue weighted by molar-refractivity contribution is 5.97. The molecule has 3 aromatic rings. The maximum atomic E-state index is 13.8. The summed E-state index contributed by atoms with van der Waals surface area (Å²) in [5, 5.41) is 12.3. The second-order valence-corrected chi connectivity index (χ2v) is 9.59. The summed E-state index contributed by atoms with van der Waals surface area (Å²) in [6, 6.07) is 13.4. The van der Waals surface area contributed by atoms with Crippen LogP contribution in [-0.4, -0.2) is 50.1 Å². The molecule has 2 aromatic carbocycles. The Kier molecular flexibility index (Phi) is 4.90. The standard InChI is InChI=1S/C26H26N4O4/c31-23-15-28(17-6-2-1-3-7-17)26(32)22-14-20-19-8-4-5-9-21(19)27-24(20)25(29(22)23)16-10-12-18(13-11-16)30(33)34/h4-5,8-13,17,22,25,27H,1-3,6-7,14-15H2/t22-,25-/m0/s1. The predicted octanol–water partition coefficient (Wildman–Crippen LogP) is 4.09. The van der Waals surface area contributed by atoms with Crippen molar-refractivity contribution in [1.82, 2.24) is 14.8 Å². The molecule has 0 unspecified atom stereocenters. The number of amides is 2. The van der Waals surface area contributed by atoms with Crippen molar-refractivity contribution in [2.45, 2.75) is 56.7 Å². The summed E-state index contributed by atoms with van der Waals surface area (Å²) in [5.41, 5.74) is 3.65. The summed E-state index contributed by atoms with van der Waals surface area (Å²) >= 11 is 0. The fraction of sp³-hybridized carbons (Fsp3) is 0.385. The van der Waals surface area contributed by atoms with Crippen LogP contribution >= 0.6 is 0 Å². The number of aromatic amines is 1. The molecular weight excluding hydrogens is 432 g/mol. The number of rotatable bonds is 3. The van der Waals surface area contributed by atoms with Crippen molar-refractivity contribution in [1.29, 1.82) is 0 Å². The number of nitro groups is 1. The number of nitrogens with zero attached hydrogens (tertiary/aromatic N) is 3. The molecule has 34 heavy (non-hydrogen) atoms. The number of aromatic nitrogens is 1. The maximum absolute atomic E-state index is 13.8. The summed E-state index contributed by atoms with van der Waals surface area (Å²) in [6.07, 6.45) is 5.75. The van der Waals surface area contributed by atoms with Crippen LogP contribution in [0.1, 0.15) is 55.0 Å². The van der Waals surface area contributed by atoms with Gasteiger partial charge in [0.05, 0.1) is 11.0 Å². The highest BCUT2D eigenvalue weighted by Gasteiger charge is 2.49. The highest BCUT2D eigenvalue weighted by Crippen LogP contribution is 2.43. The van der Waals surface area contributed by atoms with E-state index in [1.807, 2.05) is 29.2 Å². The molecule has 2 fully saturated rings. The Bertz CT molecular complexity index is 1290. The zero-order chi connectivity index (χ0) is 23.4. The average molecular weight is 459 g/mol. The number of carbonyl (C=O) groups excluding carboxylic acids is 2. The number of para-hydroxylation sites is 1. The second-order valence-electron chi connectivity index (χ2n) is 9.59. The van der Waals surface area contributed by atoms with E-state index in [2.05, 4.69) is 4.98 Å². The van der Waals surface area contributed by atoms with E-state index < -0.39 is 17.0 Å². The fourth-order valence-electron chi connectivity index (χ4n) is 6.11. The normalized spacial score (nSPS) is 23.2. The first-order valence-electron chi connectivity index (χ1n) is 12.0. The molecule has 3 aliphatic rings. The van der Waals surface area contributed by atoms with Crippen molar-refractivity contribution < 1.29 is 14.5 Å². The molecule has 0 radical (unpaired) electrons. The van der Waals surface area contributed by atoms with E-state index in [1.54, 1.807) is 17.0 Å². The molecule has 1 aliphatic carbocycles. The minimum atomic E-state index is -0.574. The van der Waals surface area contributed by atoms with Gasteiger partial charge in [0.15, 0.2) is 0 Å². The van der Waals surface area contributed by atoms with Crippen LogP contribution in [0.3, 0.4) is 0 Å². The maximum Gasteiger partial charge on any atom is 0.269 e. The van der Waals surface area contributed by atoms with E-state index in [1.165, 1.54) is 18.6 Å². The van der Waals surface area contributed by atoms with Crippen molar-refractivity contribution >= 4 is 28.4 Å². The molecule has 1 aromatic heterocycles. The first kappa shape index (κ1) is 20.9. The van der Waals surface area contributed by atoms with Gasteiger partial charge in [0.2, 0.25) is 11.8 Å². The first-order chi connectivity index (χ1) is 16.5. The molecule has 0 bridgehead atoms. The minimum absolute atomic E-state index is 0.00231. The SMILES string of the molecule is O=C1[C@@H]2Cc3c([nH]c4ccccc34)[C@H](c3ccc([N+](=O)[O-])cc3)N2C(=O)CN1C1CCCCC1. The number of nitro benzene ring substituents is 1. The Morgan fingerprint density at radius 2 is 1.71 bits per heavy atom. The zero-order valence-corrected chi connectivity index (χ0v) is 18.8. The third-order valence-electron chi connectivity index (χ3n) is 7.73. The average Bonchev–Trinajstić information content (AvgIpc) is 3.24. The molecule has 6 rings (SSSR count). The summed E-state index contributed by atoms with van der Waals surface area (Å²) in [7, 11) is 0. The van der Waals surface area contributed by atoms with Crippen LogP contribution in [0.2, 0.25) is 0 Å². The van der Waals surface area contributed by atoms with Crippen LogP contribution in [0.5, 0.6) is 0 Å². The molecule has 2 aliphatic heterocycles. The van der Waals surface area contributed by atoms with E-state index >= 15 is 0 Å². The van der Waals surface area contributed by atoms with Crippen molar-refractivity contribution in [3.8, 4) is 0 Å². The van der Waals surface area contributed by atoms with Gasteiger partial charge in [-0.3, -0.25) is 19.7 Å². The van der Waals surface area contributed by atoms with Crippen LogP contribution in [0.15, 0.2) is 48.5 Å². The quantitative estimate of drug-likeness (QED) is 0.472. The summed E-state index contributed by atoms with van der Waals surface area (Å²) < 4.78 is 0. The number of H-pyrrole nitrogens is 1. The van der Waals surface area contributed by atoms with Gasteiger partial charge in [-0.2, -0.15) is 0 Å². The van der Waals surface area contributed by atoms with Gasteiger partial charge in [-0.15, -0.1) is 0 Å². The minimum Gasteiger partial charge on any atom is -0.356 e. The number of carbonyl (C=O) groups is 2. The molecule has 8 heteroatoms. The second kappa shape index (κ2) is 7.97. The molecule has 2 atom stereocenters. The van der Waals surface area contributed by atoms with Crippen LogP contribution < -0.4 is 0 Å². The van der Waals surface area contributed by atoms with Crippen LogP contribution in [-0.2, 0) is 16.0 Å². The fourth-order valence-corrected chi connectivity index (χ4v) is 6.11. The predicted molar refractivity (Wildman–Crippen MR) is 126 cm³/mol. The third-order valence-corrected chi connectivity index (χ3v) is 7.73. The van der Waals surface area contributed by atoms with Crippen LogP contribution in [0.4, 0.5) is 5.69 Å². The van der Waals surface area contributed by atoms with Crippen LogP contribution in [0, 0.1) is 10.1 Å². The number of piperazine rings is 1. The van der Waals surface area contributed by atoms with Gasteiger partial charge >= 0.3 is 0 Å². The molecule has 1 saturated heterocycles. The van der Waals surface area contributed by atoms with Crippen molar-refractivity contribution in [2.75, 3.05) is 6.54 Å². The number of hydrogen-bond donors (Lipinski definition) is 1. The van der Waals surface area contributed by atoms with E-state index in [9.17, 15) is 19.7 Å². The van der Waals surface area contributed by atoms with E-state index in [0.29, 0.717) is 6.42 Å². The van der Waals surface area contributed by atoms with E-state index in [-0.39, 0.29) is 30.1 Å². The molecule has 174 valence electrons. The number of fused-ring (bicyclic) bond motifs is 4. The lowest BCUT2D eigenvalue weighted by molar-refractivity contribution is -0.384. The monoisotopic (exact) mass is 458 g/mol. The van der Waals surface area contributed by atoms with Gasteiger partial charge in [0, 0.05) is 41.2 Å². The molecule has 3 heterocycles. The number of nitrogens with one attached hydrogen (secondary N) is 1. The Hall–Kier alpha value is -3.68. The molecular formula is C26H26N4O4. The Morgan fingerprint density at radius 3 is 2.44 bits per heavy atom. The number of hydrogen-bond acceptors (Lipinski definition) is 4. The van der Waals surface area contributed by atoms with Gasteiger partial charge in [0.1, 0.15) is 12.6 Å². The summed E-state index contributed by atoms with van der Waals surface area (Å²) in [4.78, 5) is 45.3. The molecule has 1 saturated carbocycles. The lowest BCUT2D eigenvalue weighted by Crippen LogP contribution is -2.65. The van der Waals surface area contributed by atoms with Crippen molar-refractivity contribution in [3.05, 3.63) is 75.5 Å². The van der Waals surface area contributed by atoms with Gasteiger partial charge in [-0.05, 0) is 42.2 Å². The van der Waals surface area contributed by atoms with E-state index in [0.717, 1.165) is 53.4 Å². The lowest BCUT2D eigenvalue weighted by Gasteiger charge is -2.49. The van der Waals surface area contributed by atoms with Crippen molar-refractivity contribution in [2.24, 2.45) is 0 Å².